The molecule has 0 N–H and O–H groups in total. The summed E-state index contributed by atoms with van der Waals surface area (Å²) in [6, 6.07) is 12.2. The lowest BCUT2D eigenvalue weighted by Gasteiger charge is -2.14. The lowest BCUT2D eigenvalue weighted by molar-refractivity contribution is 0.0417. The van der Waals surface area contributed by atoms with Gasteiger partial charge in [-0.3, -0.25) is 14.5 Å². The van der Waals surface area contributed by atoms with Gasteiger partial charge in [0.05, 0.1) is 33.9 Å². The molecule has 2 aromatic rings. The third-order valence-electron chi connectivity index (χ3n) is 4.25. The second-order valence-electron chi connectivity index (χ2n) is 5.84. The lowest BCUT2D eigenvalue weighted by atomic mass is 10.1. The maximum atomic E-state index is 12.3. The molecule has 0 fully saturated rings. The fourth-order valence-electron chi connectivity index (χ4n) is 2.81. The fraction of sp³-hybridized carbons (Fsp3) is 0.211. The molecule has 0 saturated heterocycles. The molecule has 0 aliphatic carbocycles. The van der Waals surface area contributed by atoms with Gasteiger partial charge in [-0.1, -0.05) is 31.2 Å². The average Bonchev–Trinajstić information content (AvgIpc) is 2.93. The van der Waals surface area contributed by atoms with Crippen LogP contribution in [0, 0.1) is 0 Å². The predicted octanol–water partition coefficient (Wildman–Crippen LogP) is 1.93. The van der Waals surface area contributed by atoms with E-state index < -0.39 is 27.6 Å². The minimum absolute atomic E-state index is 0.0679. The van der Waals surface area contributed by atoms with E-state index in [1.54, 1.807) is 24.3 Å². The number of hydrogen-bond donors (Lipinski definition) is 0. The largest absolute Gasteiger partial charge is 0.460 e. The van der Waals surface area contributed by atoms with Gasteiger partial charge in [0.15, 0.2) is 9.84 Å². The van der Waals surface area contributed by atoms with Crippen LogP contribution in [0.5, 0.6) is 0 Å². The molecule has 3 rings (SSSR count). The smallest absolute Gasteiger partial charge is 0.339 e. The molecule has 0 spiro atoms. The normalized spacial score (nSPS) is 13.6. The van der Waals surface area contributed by atoms with Gasteiger partial charge in [0.2, 0.25) is 0 Å². The number of sulfone groups is 1. The highest BCUT2D eigenvalue weighted by atomic mass is 32.2. The molecule has 2 aromatic carbocycles. The third kappa shape index (κ3) is 3.48. The van der Waals surface area contributed by atoms with Crippen LogP contribution in [0.15, 0.2) is 53.4 Å². The molecule has 0 saturated carbocycles. The summed E-state index contributed by atoms with van der Waals surface area (Å²) >= 11 is 0. The summed E-state index contributed by atoms with van der Waals surface area (Å²) < 4.78 is 29.3. The van der Waals surface area contributed by atoms with E-state index in [0.717, 1.165) is 4.90 Å². The summed E-state index contributed by atoms with van der Waals surface area (Å²) in [5, 5.41) is 0. The van der Waals surface area contributed by atoms with Crippen molar-refractivity contribution in [1.29, 1.82) is 0 Å². The van der Waals surface area contributed by atoms with Crippen LogP contribution in [-0.4, -0.2) is 50.0 Å². The van der Waals surface area contributed by atoms with Crippen LogP contribution in [0.1, 0.15) is 38.0 Å². The zero-order chi connectivity index (χ0) is 19.6. The minimum Gasteiger partial charge on any atom is -0.460 e. The highest BCUT2D eigenvalue weighted by molar-refractivity contribution is 7.91. The molecular formula is C19H17NO6S. The van der Waals surface area contributed by atoms with Crippen molar-refractivity contribution in [2.75, 3.05) is 18.9 Å². The number of amides is 2. The number of ether oxygens (including phenoxy) is 1. The number of fused-ring (bicyclic) bond motifs is 1. The Labute approximate surface area is 156 Å². The molecular weight excluding hydrogens is 370 g/mol. The number of nitrogens with zero attached hydrogens (tertiary/aromatic N) is 1. The van der Waals surface area contributed by atoms with Crippen LogP contribution in [0.3, 0.4) is 0 Å². The van der Waals surface area contributed by atoms with Crippen LogP contribution in [-0.2, 0) is 14.6 Å². The van der Waals surface area contributed by atoms with Gasteiger partial charge >= 0.3 is 5.97 Å². The standard InChI is InChI=1S/C19H17NO6S/c1-2-27(24,25)16-10-6-5-9-15(16)19(23)26-12-11-20-17(21)13-7-3-4-8-14(13)18(20)22/h3-10H,2,11-12H2,1H3. The first-order valence-corrected chi connectivity index (χ1v) is 9.96. The zero-order valence-electron chi connectivity index (χ0n) is 14.5. The molecule has 0 bridgehead atoms. The summed E-state index contributed by atoms with van der Waals surface area (Å²) in [5.41, 5.74) is 0.558. The van der Waals surface area contributed by atoms with Crippen molar-refractivity contribution in [3.8, 4) is 0 Å². The van der Waals surface area contributed by atoms with Crippen LogP contribution in [0.4, 0.5) is 0 Å². The molecule has 0 unspecified atom stereocenters. The third-order valence-corrected chi connectivity index (χ3v) is 6.03. The number of benzene rings is 2. The van der Waals surface area contributed by atoms with Gasteiger partial charge in [-0.05, 0) is 24.3 Å². The number of hydrogen-bond acceptors (Lipinski definition) is 6. The molecule has 27 heavy (non-hydrogen) atoms. The second-order valence-corrected chi connectivity index (χ2v) is 8.09. The Balaban J connectivity index is 1.69. The van der Waals surface area contributed by atoms with Gasteiger partial charge < -0.3 is 4.74 Å². The lowest BCUT2D eigenvalue weighted by Crippen LogP contribution is -2.33. The number of carbonyl (C=O) groups is 3. The molecule has 0 radical (unpaired) electrons. The Morgan fingerprint density at radius 3 is 2.11 bits per heavy atom. The van der Waals surface area contributed by atoms with Gasteiger partial charge in [-0.2, -0.15) is 0 Å². The average molecular weight is 387 g/mol. The molecule has 7 nitrogen and oxygen atoms in total. The van der Waals surface area contributed by atoms with Crippen molar-refractivity contribution in [2.24, 2.45) is 0 Å². The Kier molecular flexibility index (Phi) is 5.09. The van der Waals surface area contributed by atoms with Crippen molar-refractivity contribution >= 4 is 27.6 Å². The van der Waals surface area contributed by atoms with Crippen molar-refractivity contribution < 1.29 is 27.5 Å². The van der Waals surface area contributed by atoms with Gasteiger partial charge in [-0.25, -0.2) is 13.2 Å². The Hall–Kier alpha value is -3.00. The quantitative estimate of drug-likeness (QED) is 0.555. The minimum atomic E-state index is -3.59. The summed E-state index contributed by atoms with van der Waals surface area (Å²) in [5.74, 6) is -1.85. The highest BCUT2D eigenvalue weighted by Gasteiger charge is 2.35. The van der Waals surface area contributed by atoms with Crippen molar-refractivity contribution in [3.63, 3.8) is 0 Å². The van der Waals surface area contributed by atoms with Crippen molar-refractivity contribution in [1.82, 2.24) is 4.90 Å². The Morgan fingerprint density at radius 2 is 1.52 bits per heavy atom. The van der Waals surface area contributed by atoms with Crippen LogP contribution < -0.4 is 0 Å². The molecule has 140 valence electrons. The summed E-state index contributed by atoms with van der Waals surface area (Å²) in [4.78, 5) is 37.7. The van der Waals surface area contributed by atoms with Gasteiger partial charge in [-0.15, -0.1) is 0 Å². The first-order chi connectivity index (χ1) is 12.9. The summed E-state index contributed by atoms with van der Waals surface area (Å²) in [6.45, 7) is 1.14. The molecule has 8 heteroatoms. The molecule has 1 aliphatic rings. The van der Waals surface area contributed by atoms with E-state index in [9.17, 15) is 22.8 Å². The van der Waals surface area contributed by atoms with Crippen molar-refractivity contribution in [3.05, 3.63) is 65.2 Å². The van der Waals surface area contributed by atoms with E-state index in [0.29, 0.717) is 11.1 Å². The highest BCUT2D eigenvalue weighted by Crippen LogP contribution is 2.22. The fourth-order valence-corrected chi connectivity index (χ4v) is 3.89. The van der Waals surface area contributed by atoms with E-state index >= 15 is 0 Å². The first-order valence-electron chi connectivity index (χ1n) is 8.31. The van der Waals surface area contributed by atoms with E-state index in [1.165, 1.54) is 31.2 Å². The molecule has 0 atom stereocenters. The molecule has 1 aliphatic heterocycles. The number of esters is 1. The second kappa shape index (κ2) is 7.32. The molecule has 0 aromatic heterocycles. The van der Waals surface area contributed by atoms with Gasteiger partial charge in [0, 0.05) is 0 Å². The predicted molar refractivity (Wildman–Crippen MR) is 96.3 cm³/mol. The van der Waals surface area contributed by atoms with E-state index in [4.69, 9.17) is 4.74 Å². The zero-order valence-corrected chi connectivity index (χ0v) is 15.4. The SMILES string of the molecule is CCS(=O)(=O)c1ccccc1C(=O)OCCN1C(=O)c2ccccc2C1=O. The van der Waals surface area contributed by atoms with Gasteiger partial charge in [0.25, 0.3) is 11.8 Å². The van der Waals surface area contributed by atoms with Crippen LogP contribution in [0.25, 0.3) is 0 Å². The number of rotatable bonds is 6. The monoisotopic (exact) mass is 387 g/mol. The number of imide groups is 1. The Bertz CT molecular complexity index is 993. The Morgan fingerprint density at radius 1 is 0.963 bits per heavy atom. The number of carbonyl (C=O) groups excluding carboxylic acids is 3. The molecule has 2 amide bonds. The van der Waals surface area contributed by atoms with Crippen LogP contribution >= 0.6 is 0 Å². The van der Waals surface area contributed by atoms with E-state index in [1.807, 2.05) is 0 Å². The van der Waals surface area contributed by atoms with E-state index in [2.05, 4.69) is 0 Å². The van der Waals surface area contributed by atoms with Crippen molar-refractivity contribution in [2.45, 2.75) is 11.8 Å². The van der Waals surface area contributed by atoms with E-state index in [-0.39, 0.29) is 29.4 Å². The van der Waals surface area contributed by atoms with Gasteiger partial charge in [0.1, 0.15) is 6.61 Å². The summed E-state index contributed by atoms with van der Waals surface area (Å²) in [7, 11) is -3.59. The maximum absolute atomic E-state index is 12.3. The molecule has 1 heterocycles. The first kappa shape index (κ1) is 18.8. The topological polar surface area (TPSA) is 97.8 Å². The summed E-state index contributed by atoms with van der Waals surface area (Å²) in [6.07, 6.45) is 0. The van der Waals surface area contributed by atoms with Crippen LogP contribution in [0.2, 0.25) is 0 Å². The maximum Gasteiger partial charge on any atom is 0.339 e.